The van der Waals surface area contributed by atoms with Crippen LogP contribution in [0.4, 0.5) is 0 Å². The van der Waals surface area contributed by atoms with Crippen molar-refractivity contribution >= 4 is 58.9 Å². The fourth-order valence-electron chi connectivity index (χ4n) is 2.42. The van der Waals surface area contributed by atoms with Gasteiger partial charge in [-0.3, -0.25) is 4.79 Å². The van der Waals surface area contributed by atoms with Crippen LogP contribution in [0.15, 0.2) is 16.4 Å². The third kappa shape index (κ3) is 6.97. The topological polar surface area (TPSA) is 56.7 Å². The quantitative estimate of drug-likeness (QED) is 0.361. The number of thiophene rings is 1. The van der Waals surface area contributed by atoms with Crippen molar-refractivity contribution in [3.63, 3.8) is 0 Å². The number of nitrogens with zero attached hydrogens (tertiary/aromatic N) is 2. The summed E-state index contributed by atoms with van der Waals surface area (Å²) in [4.78, 5) is 20.2. The van der Waals surface area contributed by atoms with Gasteiger partial charge in [0.2, 0.25) is 5.91 Å². The van der Waals surface area contributed by atoms with E-state index >= 15 is 0 Å². The number of nitrogens with one attached hydrogen (secondary N) is 2. The van der Waals surface area contributed by atoms with E-state index in [1.165, 1.54) is 10.4 Å². The summed E-state index contributed by atoms with van der Waals surface area (Å²) in [6, 6.07) is 2.12. The minimum Gasteiger partial charge on any atom is -0.357 e. The van der Waals surface area contributed by atoms with Crippen molar-refractivity contribution in [3.05, 3.63) is 21.9 Å². The number of guanidine groups is 1. The number of carbonyl (C=O) groups is 1. The van der Waals surface area contributed by atoms with E-state index in [9.17, 15) is 4.79 Å². The lowest BCUT2D eigenvalue weighted by atomic mass is 10.1. The van der Waals surface area contributed by atoms with Crippen molar-refractivity contribution in [2.24, 2.45) is 4.99 Å². The molecule has 2 rings (SSSR count). The molecule has 0 saturated carbocycles. The molecule has 0 radical (unpaired) electrons. The largest absolute Gasteiger partial charge is 0.357 e. The summed E-state index contributed by atoms with van der Waals surface area (Å²) in [5.74, 6) is 0.800. The highest BCUT2D eigenvalue weighted by Gasteiger charge is 2.21. The van der Waals surface area contributed by atoms with Crippen LogP contribution in [0.5, 0.6) is 0 Å². The molecule has 0 spiro atoms. The molecular weight excluding hydrogens is 467 g/mol. The van der Waals surface area contributed by atoms with E-state index in [2.05, 4.69) is 47.2 Å². The SMILES string of the molecule is CCNC(=NCC(=O)N1CCc2sccc2C1)NCC(C)(C)SC.I. The Hall–Kier alpha value is -0.480. The van der Waals surface area contributed by atoms with Crippen LogP contribution in [0.2, 0.25) is 0 Å². The van der Waals surface area contributed by atoms with Gasteiger partial charge in [0, 0.05) is 35.8 Å². The van der Waals surface area contributed by atoms with Crippen molar-refractivity contribution in [2.45, 2.75) is 38.5 Å². The number of thioether (sulfide) groups is 1. The predicted molar refractivity (Wildman–Crippen MR) is 120 cm³/mol. The minimum atomic E-state index is 0. The Kier molecular flexibility index (Phi) is 9.58. The van der Waals surface area contributed by atoms with E-state index in [-0.39, 0.29) is 41.2 Å². The predicted octanol–water partition coefficient (Wildman–Crippen LogP) is 2.95. The summed E-state index contributed by atoms with van der Waals surface area (Å²) >= 11 is 3.60. The Bertz CT molecular complexity index is 589. The highest BCUT2D eigenvalue weighted by molar-refractivity contribution is 14.0. The zero-order valence-electron chi connectivity index (χ0n) is 15.4. The van der Waals surface area contributed by atoms with Gasteiger partial charge in [0.05, 0.1) is 0 Å². The molecule has 0 aliphatic carbocycles. The summed E-state index contributed by atoms with van der Waals surface area (Å²) in [6.07, 6.45) is 3.06. The number of aliphatic imine (C=N–C) groups is 1. The highest BCUT2D eigenvalue weighted by Crippen LogP contribution is 2.24. The second-order valence-electron chi connectivity index (χ2n) is 6.45. The van der Waals surface area contributed by atoms with Gasteiger partial charge in [-0.15, -0.1) is 35.3 Å². The Morgan fingerprint density at radius 2 is 2.20 bits per heavy atom. The van der Waals surface area contributed by atoms with Crippen LogP contribution in [0.25, 0.3) is 0 Å². The number of halogens is 1. The maximum Gasteiger partial charge on any atom is 0.244 e. The van der Waals surface area contributed by atoms with Gasteiger partial charge < -0.3 is 15.5 Å². The normalized spacial score (nSPS) is 14.6. The smallest absolute Gasteiger partial charge is 0.244 e. The fourth-order valence-corrected chi connectivity index (χ4v) is 3.52. The number of amides is 1. The molecule has 2 N–H and O–H groups in total. The lowest BCUT2D eigenvalue weighted by Crippen LogP contribution is -2.44. The van der Waals surface area contributed by atoms with Crippen LogP contribution >= 0.6 is 47.1 Å². The number of hydrogen-bond acceptors (Lipinski definition) is 4. The zero-order valence-corrected chi connectivity index (χ0v) is 19.4. The Labute approximate surface area is 176 Å². The average Bonchev–Trinajstić information content (AvgIpc) is 3.04. The highest BCUT2D eigenvalue weighted by atomic mass is 127. The van der Waals surface area contributed by atoms with Gasteiger partial charge >= 0.3 is 0 Å². The molecule has 1 aromatic heterocycles. The summed E-state index contributed by atoms with van der Waals surface area (Å²) < 4.78 is 0.127. The van der Waals surface area contributed by atoms with Gasteiger partial charge in [0.15, 0.2) is 5.96 Å². The fraction of sp³-hybridized carbons (Fsp3) is 0.647. The molecule has 5 nitrogen and oxygen atoms in total. The van der Waals surface area contributed by atoms with Crippen LogP contribution in [-0.4, -0.2) is 53.9 Å². The summed E-state index contributed by atoms with van der Waals surface area (Å²) in [5, 5.41) is 8.65. The van der Waals surface area contributed by atoms with Gasteiger partial charge in [-0.1, -0.05) is 0 Å². The van der Waals surface area contributed by atoms with E-state index in [1.54, 1.807) is 11.3 Å². The molecule has 1 amide bonds. The van der Waals surface area contributed by atoms with Crippen molar-refractivity contribution in [1.82, 2.24) is 15.5 Å². The monoisotopic (exact) mass is 496 g/mol. The molecule has 0 unspecified atom stereocenters. The van der Waals surface area contributed by atoms with Crippen LogP contribution in [0.1, 0.15) is 31.2 Å². The van der Waals surface area contributed by atoms with Crippen LogP contribution in [0.3, 0.4) is 0 Å². The molecule has 0 atom stereocenters. The zero-order chi connectivity index (χ0) is 17.6. The van der Waals surface area contributed by atoms with E-state index in [0.717, 1.165) is 32.6 Å². The molecule has 0 saturated heterocycles. The molecule has 1 aromatic rings. The Balaban J connectivity index is 0.00000312. The van der Waals surface area contributed by atoms with Gasteiger partial charge in [-0.2, -0.15) is 11.8 Å². The molecule has 8 heteroatoms. The maximum atomic E-state index is 12.5. The van der Waals surface area contributed by atoms with Crippen molar-refractivity contribution in [2.75, 3.05) is 32.4 Å². The first-order valence-electron chi connectivity index (χ1n) is 8.35. The van der Waals surface area contributed by atoms with Crippen LogP contribution in [-0.2, 0) is 17.8 Å². The lowest BCUT2D eigenvalue weighted by molar-refractivity contribution is -0.130. The molecule has 0 aromatic carbocycles. The third-order valence-electron chi connectivity index (χ3n) is 4.11. The minimum absolute atomic E-state index is 0. The number of hydrogen-bond donors (Lipinski definition) is 2. The molecule has 1 aliphatic rings. The maximum absolute atomic E-state index is 12.5. The second-order valence-corrected chi connectivity index (χ2v) is 8.96. The number of carbonyl (C=O) groups excluding carboxylic acids is 1. The molecule has 2 heterocycles. The van der Waals surface area contributed by atoms with E-state index in [1.807, 2.05) is 23.6 Å². The average molecular weight is 496 g/mol. The number of rotatable bonds is 6. The molecule has 0 fully saturated rings. The number of fused-ring (bicyclic) bond motifs is 1. The van der Waals surface area contributed by atoms with Crippen molar-refractivity contribution in [1.29, 1.82) is 0 Å². The first-order valence-corrected chi connectivity index (χ1v) is 10.5. The molecular formula is C17H29IN4OS2. The lowest BCUT2D eigenvalue weighted by Gasteiger charge is -2.27. The van der Waals surface area contributed by atoms with Gasteiger partial charge in [0.25, 0.3) is 0 Å². The van der Waals surface area contributed by atoms with Crippen LogP contribution < -0.4 is 10.6 Å². The summed E-state index contributed by atoms with van der Waals surface area (Å²) in [7, 11) is 0. The van der Waals surface area contributed by atoms with Crippen molar-refractivity contribution < 1.29 is 4.79 Å². The summed E-state index contributed by atoms with van der Waals surface area (Å²) in [6.45, 7) is 9.69. The first-order chi connectivity index (χ1) is 11.4. The Morgan fingerprint density at radius 3 is 2.88 bits per heavy atom. The van der Waals surface area contributed by atoms with Crippen LogP contribution in [0, 0.1) is 0 Å². The first kappa shape index (κ1) is 22.6. The molecule has 25 heavy (non-hydrogen) atoms. The molecule has 0 bridgehead atoms. The van der Waals surface area contributed by atoms with Gasteiger partial charge in [0.1, 0.15) is 6.54 Å². The van der Waals surface area contributed by atoms with E-state index < -0.39 is 0 Å². The van der Waals surface area contributed by atoms with E-state index in [4.69, 9.17) is 0 Å². The third-order valence-corrected chi connectivity index (χ3v) is 6.38. The molecule has 1 aliphatic heterocycles. The summed E-state index contributed by atoms with van der Waals surface area (Å²) in [5.41, 5.74) is 1.29. The standard InChI is InChI=1S/C17H28N4OS2.HI/c1-5-18-16(20-12-17(2,3)23-4)19-10-15(22)21-8-6-14-13(11-21)7-9-24-14;/h7,9H,5-6,8,10-12H2,1-4H3,(H2,18,19,20);1H. The van der Waals surface area contributed by atoms with Gasteiger partial charge in [-0.05, 0) is 50.5 Å². The van der Waals surface area contributed by atoms with Crippen molar-refractivity contribution in [3.8, 4) is 0 Å². The van der Waals surface area contributed by atoms with Gasteiger partial charge in [-0.25, -0.2) is 4.99 Å². The molecule has 142 valence electrons. The Morgan fingerprint density at radius 1 is 1.44 bits per heavy atom. The van der Waals surface area contributed by atoms with E-state index in [0.29, 0.717) is 5.96 Å². The second kappa shape index (κ2) is 10.6.